The SMILES string of the molecule is O=CNc1cc(Cl)c(C2(c3noc(C4CCOCC4)n3)CC2)c(Cl)c1. The number of anilines is 1. The lowest BCUT2D eigenvalue weighted by Crippen LogP contribution is -2.16. The summed E-state index contributed by atoms with van der Waals surface area (Å²) >= 11 is 12.9. The molecule has 1 amide bonds. The van der Waals surface area contributed by atoms with Crippen LogP contribution in [0.1, 0.15) is 48.9 Å². The third kappa shape index (κ3) is 3.03. The van der Waals surface area contributed by atoms with Gasteiger partial charge in [0.2, 0.25) is 12.3 Å². The third-order valence-electron chi connectivity index (χ3n) is 4.94. The lowest BCUT2D eigenvalue weighted by atomic mass is 9.94. The number of benzene rings is 1. The Morgan fingerprint density at radius 2 is 1.88 bits per heavy atom. The zero-order chi connectivity index (χ0) is 17.4. The minimum atomic E-state index is -0.402. The molecular formula is C17H17Cl2N3O3. The summed E-state index contributed by atoms with van der Waals surface area (Å²) in [6.07, 6.45) is 4.09. The van der Waals surface area contributed by atoms with Crippen molar-refractivity contribution < 1.29 is 14.1 Å². The van der Waals surface area contributed by atoms with E-state index >= 15 is 0 Å². The van der Waals surface area contributed by atoms with Crippen LogP contribution in [-0.4, -0.2) is 29.8 Å². The molecule has 0 spiro atoms. The maximum atomic E-state index is 10.6. The smallest absolute Gasteiger partial charge is 0.229 e. The first-order valence-corrected chi connectivity index (χ1v) is 9.01. The van der Waals surface area contributed by atoms with Gasteiger partial charge in [0.1, 0.15) is 0 Å². The summed E-state index contributed by atoms with van der Waals surface area (Å²) in [6, 6.07) is 3.38. The van der Waals surface area contributed by atoms with Crippen LogP contribution in [0, 0.1) is 0 Å². The van der Waals surface area contributed by atoms with E-state index in [0.717, 1.165) is 44.5 Å². The van der Waals surface area contributed by atoms with Gasteiger partial charge in [-0.3, -0.25) is 4.79 Å². The molecule has 1 aromatic carbocycles. The molecule has 1 N–H and O–H groups in total. The molecule has 1 aromatic heterocycles. The van der Waals surface area contributed by atoms with Crippen LogP contribution < -0.4 is 5.32 Å². The zero-order valence-corrected chi connectivity index (χ0v) is 14.9. The van der Waals surface area contributed by atoms with Gasteiger partial charge in [-0.25, -0.2) is 0 Å². The fourth-order valence-corrected chi connectivity index (χ4v) is 4.28. The van der Waals surface area contributed by atoms with Gasteiger partial charge in [0.25, 0.3) is 0 Å². The van der Waals surface area contributed by atoms with Crippen LogP contribution >= 0.6 is 23.2 Å². The fraction of sp³-hybridized carbons (Fsp3) is 0.471. The van der Waals surface area contributed by atoms with Crippen LogP contribution in [0.3, 0.4) is 0 Å². The van der Waals surface area contributed by atoms with Crippen molar-refractivity contribution >= 4 is 35.3 Å². The number of halogens is 2. The van der Waals surface area contributed by atoms with E-state index in [2.05, 4.69) is 15.5 Å². The van der Waals surface area contributed by atoms with Gasteiger partial charge < -0.3 is 14.6 Å². The maximum absolute atomic E-state index is 10.6. The number of amides is 1. The molecule has 0 bridgehead atoms. The van der Waals surface area contributed by atoms with E-state index in [0.29, 0.717) is 33.9 Å². The summed E-state index contributed by atoms with van der Waals surface area (Å²) in [4.78, 5) is 15.3. The Morgan fingerprint density at radius 3 is 2.48 bits per heavy atom. The standard InChI is InChI=1S/C17H17Cl2N3O3/c18-12-7-11(20-9-23)8-13(19)14(12)17(3-4-17)16-21-15(25-22-16)10-1-5-24-6-2-10/h7-10H,1-6H2,(H,20,23). The second-order valence-corrected chi connectivity index (χ2v) is 7.32. The quantitative estimate of drug-likeness (QED) is 0.794. The van der Waals surface area contributed by atoms with Gasteiger partial charge in [0, 0.05) is 40.4 Å². The Labute approximate surface area is 154 Å². The highest BCUT2D eigenvalue weighted by molar-refractivity contribution is 6.37. The molecule has 1 aliphatic heterocycles. The molecule has 0 unspecified atom stereocenters. The minimum Gasteiger partial charge on any atom is -0.381 e. The number of nitrogens with zero attached hydrogens (tertiary/aromatic N) is 2. The van der Waals surface area contributed by atoms with E-state index in [1.807, 2.05) is 0 Å². The van der Waals surface area contributed by atoms with E-state index in [-0.39, 0.29) is 5.92 Å². The molecule has 2 fully saturated rings. The van der Waals surface area contributed by atoms with E-state index in [1.54, 1.807) is 12.1 Å². The van der Waals surface area contributed by atoms with Crippen molar-refractivity contribution in [2.45, 2.75) is 37.0 Å². The number of carbonyl (C=O) groups excluding carboxylic acids is 1. The average Bonchev–Trinajstić information content (AvgIpc) is 3.23. The molecule has 4 rings (SSSR count). The lowest BCUT2D eigenvalue weighted by Gasteiger charge is -2.18. The first-order valence-electron chi connectivity index (χ1n) is 8.25. The predicted octanol–water partition coefficient (Wildman–Crippen LogP) is 3.92. The predicted molar refractivity (Wildman–Crippen MR) is 93.3 cm³/mol. The summed E-state index contributed by atoms with van der Waals surface area (Å²) in [5, 5.41) is 7.78. The Bertz CT molecular complexity index is 775. The van der Waals surface area contributed by atoms with E-state index < -0.39 is 5.41 Å². The number of carbonyl (C=O) groups is 1. The van der Waals surface area contributed by atoms with Crippen LogP contribution in [-0.2, 0) is 14.9 Å². The summed E-state index contributed by atoms with van der Waals surface area (Å²) in [5.74, 6) is 1.54. The molecule has 8 heteroatoms. The van der Waals surface area contributed by atoms with Gasteiger partial charge in [-0.1, -0.05) is 28.4 Å². The first-order chi connectivity index (χ1) is 12.1. The summed E-state index contributed by atoms with van der Waals surface area (Å²) < 4.78 is 10.9. The van der Waals surface area contributed by atoms with E-state index in [4.69, 9.17) is 32.5 Å². The molecule has 25 heavy (non-hydrogen) atoms. The van der Waals surface area contributed by atoms with E-state index in [9.17, 15) is 4.79 Å². The number of hydrogen-bond acceptors (Lipinski definition) is 5. The summed E-state index contributed by atoms with van der Waals surface area (Å²) in [6.45, 7) is 1.44. The van der Waals surface area contributed by atoms with Crippen LogP contribution in [0.15, 0.2) is 16.7 Å². The van der Waals surface area contributed by atoms with Gasteiger partial charge in [0.05, 0.1) is 5.41 Å². The largest absolute Gasteiger partial charge is 0.381 e. The van der Waals surface area contributed by atoms with Crippen molar-refractivity contribution in [1.82, 2.24) is 10.1 Å². The summed E-state index contributed by atoms with van der Waals surface area (Å²) in [7, 11) is 0. The van der Waals surface area contributed by atoms with Crippen molar-refractivity contribution in [3.05, 3.63) is 39.5 Å². The Hall–Kier alpha value is -1.63. The summed E-state index contributed by atoms with van der Waals surface area (Å²) in [5.41, 5.74) is 0.952. The molecule has 1 saturated heterocycles. The molecule has 1 saturated carbocycles. The lowest BCUT2D eigenvalue weighted by molar-refractivity contribution is -0.105. The molecule has 2 aliphatic rings. The van der Waals surface area contributed by atoms with Crippen molar-refractivity contribution in [3.63, 3.8) is 0 Å². The van der Waals surface area contributed by atoms with Gasteiger partial charge in [-0.2, -0.15) is 4.98 Å². The highest BCUT2D eigenvalue weighted by Crippen LogP contribution is 2.56. The number of aromatic nitrogens is 2. The second-order valence-electron chi connectivity index (χ2n) is 6.50. The molecule has 2 heterocycles. The van der Waals surface area contributed by atoms with Crippen molar-refractivity contribution in [3.8, 4) is 0 Å². The highest BCUT2D eigenvalue weighted by Gasteiger charge is 2.52. The monoisotopic (exact) mass is 381 g/mol. The molecule has 2 aromatic rings. The Morgan fingerprint density at radius 1 is 1.20 bits per heavy atom. The molecular weight excluding hydrogens is 365 g/mol. The van der Waals surface area contributed by atoms with Gasteiger partial charge in [-0.15, -0.1) is 0 Å². The van der Waals surface area contributed by atoms with Crippen molar-refractivity contribution in [2.75, 3.05) is 18.5 Å². The van der Waals surface area contributed by atoms with Crippen LogP contribution in [0.2, 0.25) is 10.0 Å². The molecule has 132 valence electrons. The Kier molecular flexibility index (Phi) is 4.43. The maximum Gasteiger partial charge on any atom is 0.229 e. The zero-order valence-electron chi connectivity index (χ0n) is 13.4. The molecule has 6 nitrogen and oxygen atoms in total. The molecule has 0 radical (unpaired) electrons. The number of hydrogen-bond donors (Lipinski definition) is 1. The van der Waals surface area contributed by atoms with Gasteiger partial charge in [-0.05, 0) is 37.8 Å². The Balaban J connectivity index is 1.67. The van der Waals surface area contributed by atoms with Crippen LogP contribution in [0.5, 0.6) is 0 Å². The average molecular weight is 382 g/mol. The normalized spacial score (nSPS) is 19.6. The van der Waals surface area contributed by atoms with Crippen molar-refractivity contribution in [1.29, 1.82) is 0 Å². The van der Waals surface area contributed by atoms with E-state index in [1.165, 1.54) is 0 Å². The van der Waals surface area contributed by atoms with Crippen molar-refractivity contribution in [2.24, 2.45) is 0 Å². The topological polar surface area (TPSA) is 77.2 Å². The first kappa shape index (κ1) is 16.8. The highest BCUT2D eigenvalue weighted by atomic mass is 35.5. The third-order valence-corrected chi connectivity index (χ3v) is 5.53. The van der Waals surface area contributed by atoms with Crippen LogP contribution in [0.25, 0.3) is 0 Å². The molecule has 0 atom stereocenters. The van der Waals surface area contributed by atoms with Gasteiger partial charge >= 0.3 is 0 Å². The molecule has 1 aliphatic carbocycles. The minimum absolute atomic E-state index is 0.246. The number of rotatable bonds is 5. The number of ether oxygens (including phenoxy) is 1. The van der Waals surface area contributed by atoms with Crippen LogP contribution in [0.4, 0.5) is 5.69 Å². The number of nitrogens with one attached hydrogen (secondary N) is 1. The second kappa shape index (κ2) is 6.59. The van der Waals surface area contributed by atoms with Gasteiger partial charge in [0.15, 0.2) is 5.82 Å². The fourth-order valence-electron chi connectivity index (χ4n) is 3.43.